The van der Waals surface area contributed by atoms with Crippen LogP contribution in [0.25, 0.3) is 0 Å². The van der Waals surface area contributed by atoms with Crippen LogP contribution in [-0.2, 0) is 27.5 Å². The molecule has 0 N–H and O–H groups in total. The largest absolute Gasteiger partial charge is 0.467 e. The fourth-order valence-corrected chi connectivity index (χ4v) is 3.45. The lowest BCUT2D eigenvalue weighted by Gasteiger charge is -2.26. The van der Waals surface area contributed by atoms with E-state index < -0.39 is 11.8 Å². The number of carbonyl (C=O) groups excluding carboxylic acids is 2. The summed E-state index contributed by atoms with van der Waals surface area (Å²) in [5, 5.41) is 0. The van der Waals surface area contributed by atoms with Crippen LogP contribution in [-0.4, -0.2) is 25.2 Å². The van der Waals surface area contributed by atoms with E-state index in [0.717, 1.165) is 18.5 Å². The first-order valence-corrected chi connectivity index (χ1v) is 9.21. The van der Waals surface area contributed by atoms with Gasteiger partial charge in [0.2, 0.25) is 5.91 Å². The van der Waals surface area contributed by atoms with E-state index in [4.69, 9.17) is 14.2 Å². The van der Waals surface area contributed by atoms with Crippen molar-refractivity contribution >= 4 is 17.6 Å². The zero-order valence-electron chi connectivity index (χ0n) is 15.3. The van der Waals surface area contributed by atoms with Crippen LogP contribution in [0.3, 0.4) is 0 Å². The highest BCUT2D eigenvalue weighted by Crippen LogP contribution is 2.30. The van der Waals surface area contributed by atoms with E-state index in [1.165, 1.54) is 12.1 Å². The van der Waals surface area contributed by atoms with Gasteiger partial charge in [0.25, 0.3) is 0 Å². The Morgan fingerprint density at radius 2 is 2.00 bits per heavy atom. The molecule has 146 valence electrons. The summed E-state index contributed by atoms with van der Waals surface area (Å²) in [7, 11) is 0. The van der Waals surface area contributed by atoms with Gasteiger partial charge in [0.05, 0.1) is 12.2 Å². The summed E-state index contributed by atoms with van der Waals surface area (Å²) < 4.78 is 29.7. The Hall–Kier alpha value is -2.93. The van der Waals surface area contributed by atoms with Crippen LogP contribution in [0.15, 0.2) is 36.4 Å². The first-order chi connectivity index (χ1) is 13.6. The van der Waals surface area contributed by atoms with Crippen molar-refractivity contribution in [3.8, 4) is 5.75 Å². The summed E-state index contributed by atoms with van der Waals surface area (Å²) in [6, 6.07) is 9.38. The topological polar surface area (TPSA) is 65.1 Å². The van der Waals surface area contributed by atoms with Gasteiger partial charge in [-0.25, -0.2) is 9.18 Å². The third-order valence-corrected chi connectivity index (χ3v) is 4.85. The molecule has 2 aliphatic heterocycles. The van der Waals surface area contributed by atoms with Gasteiger partial charge in [-0.15, -0.1) is 0 Å². The van der Waals surface area contributed by atoms with Crippen molar-refractivity contribution in [2.24, 2.45) is 0 Å². The summed E-state index contributed by atoms with van der Waals surface area (Å²) in [6.07, 6.45) is 2.44. The molecular formula is C21H20FNO5. The van der Waals surface area contributed by atoms with Crippen LogP contribution in [0.5, 0.6) is 5.75 Å². The SMILES string of the molecule is O=C(OCc1cc(F)cc2c1OCOC2)c1ccc(N2CCCCC2=O)cc1. The number of halogens is 1. The molecule has 4 rings (SSSR count). The van der Waals surface area contributed by atoms with Gasteiger partial charge in [0.15, 0.2) is 6.79 Å². The first kappa shape index (κ1) is 18.4. The predicted octanol–water partition coefficient (Wildman–Crippen LogP) is 3.57. The molecule has 28 heavy (non-hydrogen) atoms. The van der Waals surface area contributed by atoms with E-state index in [-0.39, 0.29) is 25.9 Å². The van der Waals surface area contributed by atoms with Gasteiger partial charge in [0, 0.05) is 29.8 Å². The molecule has 0 aliphatic carbocycles. The zero-order valence-corrected chi connectivity index (χ0v) is 15.3. The molecule has 0 atom stereocenters. The Morgan fingerprint density at radius 1 is 1.18 bits per heavy atom. The van der Waals surface area contributed by atoms with Crippen LogP contribution < -0.4 is 9.64 Å². The molecule has 6 nitrogen and oxygen atoms in total. The molecule has 1 amide bonds. The third-order valence-electron chi connectivity index (χ3n) is 4.85. The van der Waals surface area contributed by atoms with E-state index in [0.29, 0.717) is 35.4 Å². The second kappa shape index (κ2) is 7.98. The number of benzene rings is 2. The number of esters is 1. The highest BCUT2D eigenvalue weighted by Gasteiger charge is 2.21. The van der Waals surface area contributed by atoms with E-state index >= 15 is 0 Å². The van der Waals surface area contributed by atoms with Crippen LogP contribution in [0.1, 0.15) is 40.7 Å². The number of amides is 1. The molecular weight excluding hydrogens is 365 g/mol. The summed E-state index contributed by atoms with van der Waals surface area (Å²) in [5.41, 5.74) is 2.19. The van der Waals surface area contributed by atoms with Gasteiger partial charge in [0.1, 0.15) is 18.2 Å². The van der Waals surface area contributed by atoms with Crippen LogP contribution in [0.2, 0.25) is 0 Å². The number of ether oxygens (including phenoxy) is 3. The second-order valence-corrected chi connectivity index (χ2v) is 6.79. The molecule has 0 spiro atoms. The van der Waals surface area contributed by atoms with Crippen molar-refractivity contribution in [3.63, 3.8) is 0 Å². The van der Waals surface area contributed by atoms with Crippen LogP contribution >= 0.6 is 0 Å². The second-order valence-electron chi connectivity index (χ2n) is 6.79. The van der Waals surface area contributed by atoms with E-state index in [1.54, 1.807) is 29.2 Å². The van der Waals surface area contributed by atoms with Gasteiger partial charge in [-0.2, -0.15) is 0 Å². The summed E-state index contributed by atoms with van der Waals surface area (Å²) in [6.45, 7) is 0.920. The summed E-state index contributed by atoms with van der Waals surface area (Å²) in [5.74, 6) is -0.364. The molecule has 0 saturated carbocycles. The molecule has 0 bridgehead atoms. The predicted molar refractivity (Wildman–Crippen MR) is 98.4 cm³/mol. The molecule has 2 aromatic carbocycles. The minimum atomic E-state index is -0.526. The van der Waals surface area contributed by atoms with Crippen LogP contribution in [0.4, 0.5) is 10.1 Å². The molecule has 2 heterocycles. The van der Waals surface area contributed by atoms with E-state index in [1.807, 2.05) is 0 Å². The summed E-state index contributed by atoms with van der Waals surface area (Å²) in [4.78, 5) is 26.1. The van der Waals surface area contributed by atoms with Gasteiger partial charge in [-0.3, -0.25) is 4.79 Å². The van der Waals surface area contributed by atoms with Crippen molar-refractivity contribution in [2.45, 2.75) is 32.5 Å². The number of rotatable bonds is 4. The number of hydrogen-bond donors (Lipinski definition) is 0. The Labute approximate surface area is 161 Å². The minimum absolute atomic E-state index is 0.0796. The first-order valence-electron chi connectivity index (χ1n) is 9.21. The number of hydrogen-bond acceptors (Lipinski definition) is 5. The van der Waals surface area contributed by atoms with Gasteiger partial charge < -0.3 is 19.1 Å². The average molecular weight is 385 g/mol. The standard InChI is InChI=1S/C21H20FNO5/c22-17-9-15-11-26-13-28-20(15)16(10-17)12-27-21(25)14-4-6-18(7-5-14)23-8-2-1-3-19(23)24/h4-7,9-10H,1-3,8,11-13H2. The molecule has 7 heteroatoms. The lowest BCUT2D eigenvalue weighted by atomic mass is 10.1. The van der Waals surface area contributed by atoms with Gasteiger partial charge in [-0.05, 0) is 49.2 Å². The lowest BCUT2D eigenvalue weighted by Crippen LogP contribution is -2.35. The van der Waals surface area contributed by atoms with Crippen molar-refractivity contribution < 1.29 is 28.2 Å². The molecule has 0 radical (unpaired) electrons. The van der Waals surface area contributed by atoms with Crippen molar-refractivity contribution in [2.75, 3.05) is 18.2 Å². The van der Waals surface area contributed by atoms with Crippen molar-refractivity contribution in [1.82, 2.24) is 0 Å². The van der Waals surface area contributed by atoms with Crippen molar-refractivity contribution in [3.05, 3.63) is 58.9 Å². The van der Waals surface area contributed by atoms with Gasteiger partial charge >= 0.3 is 5.97 Å². The molecule has 2 aromatic rings. The minimum Gasteiger partial charge on any atom is -0.467 e. The lowest BCUT2D eigenvalue weighted by molar-refractivity contribution is -0.119. The Bertz CT molecular complexity index is 896. The Kier molecular flexibility index (Phi) is 5.25. The number of carbonyl (C=O) groups is 2. The zero-order chi connectivity index (χ0) is 19.5. The van der Waals surface area contributed by atoms with Gasteiger partial charge in [-0.1, -0.05) is 0 Å². The third kappa shape index (κ3) is 3.84. The average Bonchev–Trinajstić information content (AvgIpc) is 2.72. The number of anilines is 1. The Morgan fingerprint density at radius 3 is 2.79 bits per heavy atom. The van der Waals surface area contributed by atoms with Crippen LogP contribution in [0, 0.1) is 5.82 Å². The fourth-order valence-electron chi connectivity index (χ4n) is 3.45. The highest BCUT2D eigenvalue weighted by molar-refractivity contribution is 5.95. The monoisotopic (exact) mass is 385 g/mol. The number of nitrogens with zero attached hydrogens (tertiary/aromatic N) is 1. The van der Waals surface area contributed by atoms with Crippen molar-refractivity contribution in [1.29, 1.82) is 0 Å². The summed E-state index contributed by atoms with van der Waals surface area (Å²) >= 11 is 0. The molecule has 1 saturated heterocycles. The number of piperidine rings is 1. The quantitative estimate of drug-likeness (QED) is 0.753. The molecule has 1 fully saturated rings. The number of fused-ring (bicyclic) bond motifs is 1. The Balaban J connectivity index is 1.43. The maximum atomic E-state index is 13.8. The molecule has 2 aliphatic rings. The van der Waals surface area contributed by atoms with E-state index in [9.17, 15) is 14.0 Å². The maximum Gasteiger partial charge on any atom is 0.338 e. The molecule has 0 unspecified atom stereocenters. The normalized spacial score (nSPS) is 16.3. The fraction of sp³-hybridized carbons (Fsp3) is 0.333. The highest BCUT2D eigenvalue weighted by atomic mass is 19.1. The van der Waals surface area contributed by atoms with E-state index in [2.05, 4.69) is 0 Å². The smallest absolute Gasteiger partial charge is 0.338 e. The molecule has 0 aromatic heterocycles. The maximum absolute atomic E-state index is 13.8.